The summed E-state index contributed by atoms with van der Waals surface area (Å²) in [5.74, 6) is 1.11. The van der Waals surface area contributed by atoms with Gasteiger partial charge in [0.05, 0.1) is 22.3 Å². The van der Waals surface area contributed by atoms with E-state index in [2.05, 4.69) is 15.0 Å². The summed E-state index contributed by atoms with van der Waals surface area (Å²) in [5, 5.41) is 0.520. The Morgan fingerprint density at radius 1 is 1.11 bits per heavy atom. The average Bonchev–Trinajstić information content (AvgIpc) is 2.85. The quantitative estimate of drug-likeness (QED) is 0.370. The van der Waals surface area contributed by atoms with E-state index in [1.165, 1.54) is 6.07 Å². The number of benzene rings is 1. The summed E-state index contributed by atoms with van der Waals surface area (Å²) in [6.45, 7) is 9.46. The molecular weight excluding hydrogens is 512 g/mol. The zero-order chi connectivity index (χ0) is 27.2. The van der Waals surface area contributed by atoms with Gasteiger partial charge in [0.25, 0.3) is 0 Å². The number of hydrogen-bond donors (Lipinski definition) is 1. The largest absolute Gasteiger partial charge is 0.454 e. The van der Waals surface area contributed by atoms with Crippen molar-refractivity contribution in [1.82, 2.24) is 19.9 Å². The number of anilines is 2. The van der Waals surface area contributed by atoms with Gasteiger partial charge in [-0.2, -0.15) is 0 Å². The van der Waals surface area contributed by atoms with E-state index in [4.69, 9.17) is 31.2 Å². The summed E-state index contributed by atoms with van der Waals surface area (Å²) in [5.41, 5.74) is 6.39. The fraction of sp³-hybridized carbons (Fsp3) is 0.346. The molecule has 11 nitrogen and oxygen atoms in total. The summed E-state index contributed by atoms with van der Waals surface area (Å²) in [7, 11) is 0. The number of nitrogens with two attached hydrogens (primary N) is 1. The second kappa shape index (κ2) is 9.64. The van der Waals surface area contributed by atoms with Gasteiger partial charge in [0, 0.05) is 32.2 Å². The van der Waals surface area contributed by atoms with Crippen molar-refractivity contribution in [2.45, 2.75) is 33.3 Å². The summed E-state index contributed by atoms with van der Waals surface area (Å²) in [4.78, 5) is 42.2. The van der Waals surface area contributed by atoms with E-state index in [1.54, 1.807) is 36.2 Å². The summed E-state index contributed by atoms with van der Waals surface area (Å²) >= 11 is 6.19. The number of aryl methyl sites for hydroxylation is 1. The predicted molar refractivity (Wildman–Crippen MR) is 144 cm³/mol. The molecule has 0 unspecified atom stereocenters. The minimum atomic E-state index is -0.541. The van der Waals surface area contributed by atoms with Crippen molar-refractivity contribution in [3.63, 3.8) is 0 Å². The summed E-state index contributed by atoms with van der Waals surface area (Å²) in [6, 6.07) is 6.48. The van der Waals surface area contributed by atoms with Crippen LogP contribution in [-0.2, 0) is 4.74 Å². The number of fused-ring (bicyclic) bond motifs is 2. The first-order chi connectivity index (χ1) is 18.0. The molecule has 38 heavy (non-hydrogen) atoms. The van der Waals surface area contributed by atoms with Gasteiger partial charge < -0.3 is 29.4 Å². The highest BCUT2D eigenvalue weighted by Gasteiger charge is 2.27. The molecule has 0 spiro atoms. The fourth-order valence-corrected chi connectivity index (χ4v) is 4.34. The van der Waals surface area contributed by atoms with E-state index in [-0.39, 0.29) is 44.6 Å². The molecule has 1 fully saturated rings. The van der Waals surface area contributed by atoms with E-state index in [9.17, 15) is 9.59 Å². The standard InChI is InChI=1S/C26H27ClN6O5/c1-14-19(13-29-24(30-14)32-8-10-33(11-9-32)25(35)38-26(2,3)4)37-18-12-17-21(31-23(18)28)22(34)20-15(27)6-5-7-16(20)36-17/h5-7,12-13H,8-11H2,1-4H3,(H2,28,31). The lowest BCUT2D eigenvalue weighted by Crippen LogP contribution is -2.50. The lowest BCUT2D eigenvalue weighted by atomic mass is 10.2. The lowest BCUT2D eigenvalue weighted by molar-refractivity contribution is 0.0240. The zero-order valence-electron chi connectivity index (χ0n) is 21.4. The Kier molecular flexibility index (Phi) is 6.47. The molecule has 3 aromatic heterocycles. The molecule has 4 heterocycles. The maximum absolute atomic E-state index is 12.9. The first kappa shape index (κ1) is 25.5. The average molecular weight is 539 g/mol. The number of nitrogens with zero attached hydrogens (tertiary/aromatic N) is 5. The number of rotatable bonds is 3. The molecule has 0 saturated carbocycles. The van der Waals surface area contributed by atoms with E-state index >= 15 is 0 Å². The molecule has 1 aliphatic rings. The van der Waals surface area contributed by atoms with Gasteiger partial charge in [0.2, 0.25) is 11.4 Å². The molecule has 5 rings (SSSR count). The number of hydrogen-bond acceptors (Lipinski definition) is 10. The van der Waals surface area contributed by atoms with Crippen LogP contribution in [0.4, 0.5) is 16.6 Å². The van der Waals surface area contributed by atoms with Crippen molar-refractivity contribution in [2.24, 2.45) is 0 Å². The lowest BCUT2D eigenvalue weighted by Gasteiger charge is -2.35. The van der Waals surface area contributed by atoms with Gasteiger partial charge >= 0.3 is 6.09 Å². The Hall–Kier alpha value is -4.12. The van der Waals surface area contributed by atoms with Crippen LogP contribution in [0, 0.1) is 6.92 Å². The molecule has 12 heteroatoms. The van der Waals surface area contributed by atoms with E-state index in [0.29, 0.717) is 49.2 Å². The van der Waals surface area contributed by atoms with E-state index < -0.39 is 5.60 Å². The number of carbonyl (C=O) groups excluding carboxylic acids is 1. The van der Waals surface area contributed by atoms with Gasteiger partial charge in [-0.3, -0.25) is 4.79 Å². The Balaban J connectivity index is 1.34. The van der Waals surface area contributed by atoms with Gasteiger partial charge in [-0.15, -0.1) is 0 Å². The normalized spacial score (nSPS) is 14.2. The van der Waals surface area contributed by atoms with Gasteiger partial charge in [-0.25, -0.2) is 19.7 Å². The Morgan fingerprint density at radius 2 is 1.84 bits per heavy atom. The Morgan fingerprint density at radius 3 is 2.53 bits per heavy atom. The van der Waals surface area contributed by atoms with Crippen LogP contribution >= 0.6 is 11.6 Å². The second-order valence-electron chi connectivity index (χ2n) is 9.94. The minimum Gasteiger partial charge on any atom is -0.454 e. The molecule has 2 N–H and O–H groups in total. The van der Waals surface area contributed by atoms with Crippen LogP contribution in [-0.4, -0.2) is 57.7 Å². The van der Waals surface area contributed by atoms with Crippen LogP contribution in [0.5, 0.6) is 11.5 Å². The number of ether oxygens (including phenoxy) is 2. The zero-order valence-corrected chi connectivity index (χ0v) is 22.2. The van der Waals surface area contributed by atoms with Crippen molar-refractivity contribution in [3.05, 3.63) is 51.4 Å². The van der Waals surface area contributed by atoms with Crippen molar-refractivity contribution in [1.29, 1.82) is 0 Å². The highest BCUT2D eigenvalue weighted by molar-refractivity contribution is 6.35. The SMILES string of the molecule is Cc1nc(N2CCN(C(=O)OC(C)(C)C)CC2)ncc1Oc1cc2oc3cccc(Cl)c3c(=O)c2nc1N. The molecule has 1 amide bonds. The maximum Gasteiger partial charge on any atom is 0.410 e. The molecule has 0 aliphatic carbocycles. The van der Waals surface area contributed by atoms with Gasteiger partial charge in [0.1, 0.15) is 11.2 Å². The molecule has 4 aromatic rings. The third kappa shape index (κ3) is 5.01. The fourth-order valence-electron chi connectivity index (χ4n) is 4.09. The first-order valence-corrected chi connectivity index (χ1v) is 12.4. The third-order valence-electron chi connectivity index (χ3n) is 5.97. The number of nitrogen functional groups attached to an aromatic ring is 1. The smallest absolute Gasteiger partial charge is 0.410 e. The van der Waals surface area contributed by atoms with Crippen LogP contribution in [0.25, 0.3) is 22.1 Å². The van der Waals surface area contributed by atoms with Crippen LogP contribution in [0.2, 0.25) is 5.02 Å². The van der Waals surface area contributed by atoms with Crippen molar-refractivity contribution >= 4 is 51.5 Å². The van der Waals surface area contributed by atoms with E-state index in [0.717, 1.165) is 0 Å². The number of pyridine rings is 1. The number of halogens is 1. The Labute approximate surface area is 223 Å². The predicted octanol–water partition coefficient (Wildman–Crippen LogP) is 4.52. The second-order valence-corrected chi connectivity index (χ2v) is 10.3. The van der Waals surface area contributed by atoms with Gasteiger partial charge in [-0.1, -0.05) is 17.7 Å². The number of piperazine rings is 1. The molecule has 1 saturated heterocycles. The van der Waals surface area contributed by atoms with Gasteiger partial charge in [-0.05, 0) is 39.8 Å². The van der Waals surface area contributed by atoms with Crippen molar-refractivity contribution < 1.29 is 18.7 Å². The van der Waals surface area contributed by atoms with Gasteiger partial charge in [0.15, 0.2) is 28.4 Å². The van der Waals surface area contributed by atoms with Crippen molar-refractivity contribution in [2.75, 3.05) is 36.8 Å². The van der Waals surface area contributed by atoms with Crippen LogP contribution < -0.4 is 20.8 Å². The monoisotopic (exact) mass is 538 g/mol. The molecule has 0 atom stereocenters. The molecule has 0 radical (unpaired) electrons. The summed E-state index contributed by atoms with van der Waals surface area (Å²) < 4.78 is 17.3. The minimum absolute atomic E-state index is 0.0120. The highest BCUT2D eigenvalue weighted by atomic mass is 35.5. The number of aromatic nitrogens is 3. The maximum atomic E-state index is 12.9. The molecule has 198 valence electrons. The third-order valence-corrected chi connectivity index (χ3v) is 6.29. The molecule has 1 aromatic carbocycles. The van der Waals surface area contributed by atoms with Crippen LogP contribution in [0.3, 0.4) is 0 Å². The van der Waals surface area contributed by atoms with Crippen LogP contribution in [0.1, 0.15) is 26.5 Å². The first-order valence-electron chi connectivity index (χ1n) is 12.1. The molecular formula is C26H27ClN6O5. The topological polar surface area (TPSA) is 137 Å². The molecule has 0 bridgehead atoms. The highest BCUT2D eigenvalue weighted by Crippen LogP contribution is 2.32. The summed E-state index contributed by atoms with van der Waals surface area (Å²) in [6.07, 6.45) is 1.23. The van der Waals surface area contributed by atoms with E-state index in [1.807, 2.05) is 25.7 Å². The van der Waals surface area contributed by atoms with Crippen molar-refractivity contribution in [3.8, 4) is 11.5 Å². The van der Waals surface area contributed by atoms with Crippen LogP contribution in [0.15, 0.2) is 39.7 Å². The Bertz CT molecular complexity index is 1610. The number of carbonyl (C=O) groups is 1. The number of amides is 1. The molecule has 1 aliphatic heterocycles.